The lowest BCUT2D eigenvalue weighted by Crippen LogP contribution is -2.62. The molecule has 0 radical (unpaired) electrons. The number of β-lactam (4-membered cyclic amide) rings is 1. The average molecular weight is 225 g/mol. The van der Waals surface area contributed by atoms with Crippen LogP contribution in [0.2, 0.25) is 5.02 Å². The quantitative estimate of drug-likeness (QED) is 0.776. The van der Waals surface area contributed by atoms with Crippen molar-refractivity contribution in [2.45, 2.75) is 19.0 Å². The Morgan fingerprint density at radius 3 is 2.87 bits per heavy atom. The molecule has 0 bridgehead atoms. The summed E-state index contributed by atoms with van der Waals surface area (Å²) in [6.45, 7) is 2.63. The Hall–Kier alpha value is -1.06. The Labute approximate surface area is 93.8 Å². The third kappa shape index (κ3) is 1.62. The maximum atomic E-state index is 11.4. The van der Waals surface area contributed by atoms with Crippen LogP contribution in [0.4, 0.5) is 0 Å². The van der Waals surface area contributed by atoms with Crippen LogP contribution in [0, 0.1) is 0 Å². The summed E-state index contributed by atoms with van der Waals surface area (Å²) in [7, 11) is 0. The van der Waals surface area contributed by atoms with Gasteiger partial charge in [-0.05, 0) is 24.6 Å². The van der Waals surface area contributed by atoms with Gasteiger partial charge in [-0.1, -0.05) is 23.7 Å². The molecule has 2 N–H and O–H groups in total. The van der Waals surface area contributed by atoms with Crippen LogP contribution in [0.5, 0.6) is 0 Å². The molecule has 0 unspecified atom stereocenters. The molecule has 0 saturated carbocycles. The molecule has 1 heterocycles. The smallest absolute Gasteiger partial charge is 0.242 e. The van der Waals surface area contributed by atoms with Gasteiger partial charge in [-0.25, -0.2) is 0 Å². The second-order valence-electron chi connectivity index (χ2n) is 3.65. The third-order valence-corrected chi connectivity index (χ3v) is 3.01. The monoisotopic (exact) mass is 224 g/mol. The highest BCUT2D eigenvalue weighted by Crippen LogP contribution is 2.33. The lowest BCUT2D eigenvalue weighted by molar-refractivity contribution is -0.149. The largest absolute Gasteiger partial charge is 0.332 e. The number of nitrogens with two attached hydrogens (primary N) is 1. The fourth-order valence-electron chi connectivity index (χ4n) is 2.01. The van der Waals surface area contributed by atoms with Crippen LogP contribution in [0.1, 0.15) is 18.5 Å². The van der Waals surface area contributed by atoms with Gasteiger partial charge in [0.1, 0.15) is 6.04 Å². The van der Waals surface area contributed by atoms with Crippen molar-refractivity contribution in [2.24, 2.45) is 5.73 Å². The minimum Gasteiger partial charge on any atom is -0.332 e. The van der Waals surface area contributed by atoms with Gasteiger partial charge in [0.05, 0.1) is 6.04 Å². The van der Waals surface area contributed by atoms with E-state index in [1.54, 1.807) is 4.90 Å². The molecule has 2 atom stereocenters. The number of hydrogen-bond donors (Lipinski definition) is 1. The number of amides is 1. The summed E-state index contributed by atoms with van der Waals surface area (Å²) in [5.74, 6) is 0.0162. The number of carbonyl (C=O) groups excluding carboxylic acids is 1. The number of hydrogen-bond acceptors (Lipinski definition) is 2. The summed E-state index contributed by atoms with van der Waals surface area (Å²) < 4.78 is 0. The van der Waals surface area contributed by atoms with Crippen LogP contribution in [0.3, 0.4) is 0 Å². The van der Waals surface area contributed by atoms with E-state index in [4.69, 9.17) is 17.3 Å². The molecular formula is C11H13ClN2O. The van der Waals surface area contributed by atoms with Gasteiger partial charge in [-0.2, -0.15) is 0 Å². The number of likely N-dealkylation sites (N-methyl/N-ethyl adjacent to an activating group) is 1. The highest BCUT2D eigenvalue weighted by molar-refractivity contribution is 6.30. The normalized spacial score (nSPS) is 25.3. The lowest BCUT2D eigenvalue weighted by Gasteiger charge is -2.45. The van der Waals surface area contributed by atoms with Gasteiger partial charge in [0.2, 0.25) is 5.91 Å². The molecule has 1 aliphatic heterocycles. The van der Waals surface area contributed by atoms with E-state index < -0.39 is 6.04 Å². The van der Waals surface area contributed by atoms with E-state index in [-0.39, 0.29) is 11.9 Å². The third-order valence-electron chi connectivity index (χ3n) is 2.78. The summed E-state index contributed by atoms with van der Waals surface area (Å²) in [6.07, 6.45) is 0. The van der Waals surface area contributed by atoms with Crippen molar-refractivity contribution in [2.75, 3.05) is 6.54 Å². The van der Waals surface area contributed by atoms with E-state index in [1.807, 2.05) is 31.2 Å². The second kappa shape index (κ2) is 3.83. The van der Waals surface area contributed by atoms with Crippen molar-refractivity contribution in [3.05, 3.63) is 34.9 Å². The maximum Gasteiger partial charge on any atom is 0.242 e. The molecule has 0 aliphatic carbocycles. The van der Waals surface area contributed by atoms with Gasteiger partial charge in [0.25, 0.3) is 0 Å². The summed E-state index contributed by atoms with van der Waals surface area (Å²) in [5, 5.41) is 0.676. The van der Waals surface area contributed by atoms with Gasteiger partial charge in [0, 0.05) is 11.6 Å². The lowest BCUT2D eigenvalue weighted by atomic mass is 9.89. The number of carbonyl (C=O) groups is 1. The van der Waals surface area contributed by atoms with Crippen molar-refractivity contribution in [1.82, 2.24) is 4.90 Å². The highest BCUT2D eigenvalue weighted by atomic mass is 35.5. The van der Waals surface area contributed by atoms with Crippen LogP contribution in [-0.4, -0.2) is 23.4 Å². The molecule has 4 heteroatoms. The Morgan fingerprint density at radius 1 is 1.53 bits per heavy atom. The van der Waals surface area contributed by atoms with E-state index in [0.29, 0.717) is 11.6 Å². The van der Waals surface area contributed by atoms with E-state index in [9.17, 15) is 4.79 Å². The molecule has 1 saturated heterocycles. The standard InChI is InChI=1S/C11H13ClN2O/c1-2-14-10(9(13)11(14)15)7-4-3-5-8(12)6-7/h3-6,9-10H,2,13H2,1H3/t9-,10+/m0/s1. The van der Waals surface area contributed by atoms with Crippen molar-refractivity contribution >= 4 is 17.5 Å². The van der Waals surface area contributed by atoms with E-state index in [1.165, 1.54) is 0 Å². The molecule has 15 heavy (non-hydrogen) atoms. The van der Waals surface area contributed by atoms with Crippen molar-refractivity contribution in [3.63, 3.8) is 0 Å². The zero-order chi connectivity index (χ0) is 11.0. The molecule has 3 nitrogen and oxygen atoms in total. The first-order chi connectivity index (χ1) is 7.15. The molecule has 1 aliphatic rings. The second-order valence-corrected chi connectivity index (χ2v) is 4.09. The van der Waals surface area contributed by atoms with Gasteiger partial charge in [0.15, 0.2) is 0 Å². The summed E-state index contributed by atoms with van der Waals surface area (Å²) >= 11 is 5.90. The van der Waals surface area contributed by atoms with Crippen molar-refractivity contribution in [3.8, 4) is 0 Å². The van der Waals surface area contributed by atoms with Gasteiger partial charge >= 0.3 is 0 Å². The van der Waals surface area contributed by atoms with E-state index in [0.717, 1.165) is 5.56 Å². The predicted octanol–water partition coefficient (Wildman–Crippen LogP) is 1.57. The summed E-state index contributed by atoms with van der Waals surface area (Å²) in [6, 6.07) is 7.07. The topological polar surface area (TPSA) is 46.3 Å². The van der Waals surface area contributed by atoms with Crippen LogP contribution in [0.25, 0.3) is 0 Å². The number of likely N-dealkylation sites (tertiary alicyclic amines) is 1. The van der Waals surface area contributed by atoms with Crippen molar-refractivity contribution < 1.29 is 4.79 Å². The SMILES string of the molecule is CCN1C(=O)[C@@H](N)[C@H]1c1cccc(Cl)c1. The molecular weight excluding hydrogens is 212 g/mol. The zero-order valence-corrected chi connectivity index (χ0v) is 9.24. The summed E-state index contributed by atoms with van der Waals surface area (Å²) in [5.41, 5.74) is 6.79. The molecule has 2 rings (SSSR count). The number of nitrogens with zero attached hydrogens (tertiary/aromatic N) is 1. The molecule has 0 spiro atoms. The zero-order valence-electron chi connectivity index (χ0n) is 8.48. The number of benzene rings is 1. The van der Waals surface area contributed by atoms with Gasteiger partial charge in [-0.3, -0.25) is 4.79 Å². The minimum atomic E-state index is -0.414. The fourth-order valence-corrected chi connectivity index (χ4v) is 2.20. The van der Waals surface area contributed by atoms with Crippen LogP contribution < -0.4 is 5.73 Å². The molecule has 1 aromatic carbocycles. The first-order valence-electron chi connectivity index (χ1n) is 4.96. The predicted molar refractivity (Wildman–Crippen MR) is 59.6 cm³/mol. The Kier molecular flexibility index (Phi) is 2.67. The van der Waals surface area contributed by atoms with E-state index >= 15 is 0 Å². The Bertz CT molecular complexity index is 394. The first kappa shape index (κ1) is 10.5. The molecule has 1 fully saturated rings. The number of rotatable bonds is 2. The molecule has 0 aromatic heterocycles. The maximum absolute atomic E-state index is 11.4. The number of halogens is 1. The van der Waals surface area contributed by atoms with Crippen molar-refractivity contribution in [1.29, 1.82) is 0 Å². The van der Waals surface area contributed by atoms with Gasteiger partial charge < -0.3 is 10.6 Å². The molecule has 80 valence electrons. The Balaban J connectivity index is 2.28. The van der Waals surface area contributed by atoms with Crippen LogP contribution >= 0.6 is 11.6 Å². The summed E-state index contributed by atoms with van der Waals surface area (Å²) in [4.78, 5) is 13.2. The minimum absolute atomic E-state index is 0.0128. The van der Waals surface area contributed by atoms with Gasteiger partial charge in [-0.15, -0.1) is 0 Å². The molecule has 1 amide bonds. The Morgan fingerprint density at radius 2 is 2.27 bits per heavy atom. The first-order valence-corrected chi connectivity index (χ1v) is 5.34. The average Bonchev–Trinajstić information content (AvgIpc) is 2.24. The van der Waals surface area contributed by atoms with E-state index in [2.05, 4.69) is 0 Å². The van der Waals surface area contributed by atoms with Crippen LogP contribution in [-0.2, 0) is 4.79 Å². The fraction of sp³-hybridized carbons (Fsp3) is 0.364. The highest BCUT2D eigenvalue weighted by Gasteiger charge is 2.44. The molecule has 1 aromatic rings. The van der Waals surface area contributed by atoms with Crippen LogP contribution in [0.15, 0.2) is 24.3 Å².